The average molecular weight is 410 g/mol. The van der Waals surface area contributed by atoms with Gasteiger partial charge in [0, 0.05) is 12.1 Å². The Balaban J connectivity index is 2.00. The van der Waals surface area contributed by atoms with Crippen molar-refractivity contribution < 1.29 is 9.53 Å². The number of nitrogens with one attached hydrogen (secondary N) is 2. The molecule has 2 unspecified atom stereocenters. The second-order valence-electron chi connectivity index (χ2n) is 6.47. The van der Waals surface area contributed by atoms with E-state index >= 15 is 0 Å². The summed E-state index contributed by atoms with van der Waals surface area (Å²) in [5.41, 5.74) is 1.90. The highest BCUT2D eigenvalue weighted by Gasteiger charge is 2.19. The number of halogens is 2. The van der Waals surface area contributed by atoms with Gasteiger partial charge in [-0.05, 0) is 44.8 Å². The van der Waals surface area contributed by atoms with Crippen LogP contribution in [0.1, 0.15) is 30.1 Å². The molecule has 2 N–H and O–H groups in total. The van der Waals surface area contributed by atoms with E-state index in [9.17, 15) is 4.79 Å². The van der Waals surface area contributed by atoms with Crippen molar-refractivity contribution in [2.75, 3.05) is 27.7 Å². The van der Waals surface area contributed by atoms with E-state index in [-0.39, 0.29) is 18.1 Å². The summed E-state index contributed by atoms with van der Waals surface area (Å²) in [4.78, 5) is 14.4. The molecule has 0 aromatic heterocycles. The van der Waals surface area contributed by atoms with E-state index in [1.54, 1.807) is 19.2 Å². The third-order valence-electron chi connectivity index (χ3n) is 4.37. The molecule has 0 fully saturated rings. The van der Waals surface area contributed by atoms with Gasteiger partial charge in [-0.15, -0.1) is 0 Å². The van der Waals surface area contributed by atoms with Gasteiger partial charge in [0.1, 0.15) is 5.75 Å². The fourth-order valence-corrected chi connectivity index (χ4v) is 3.12. The first kappa shape index (κ1) is 21.4. The normalized spacial score (nSPS) is 13.1. The maximum Gasteiger partial charge on any atom is 0.315 e. The maximum atomic E-state index is 12.4. The second-order valence-corrected chi connectivity index (χ2v) is 7.29. The minimum absolute atomic E-state index is 0.0211. The van der Waals surface area contributed by atoms with Gasteiger partial charge in [-0.25, -0.2) is 4.79 Å². The Morgan fingerprint density at radius 3 is 2.48 bits per heavy atom. The van der Waals surface area contributed by atoms with Gasteiger partial charge in [-0.3, -0.25) is 0 Å². The number of carbonyl (C=O) groups excluding carboxylic acids is 1. The molecule has 7 heteroatoms. The van der Waals surface area contributed by atoms with Gasteiger partial charge in [0.15, 0.2) is 0 Å². The van der Waals surface area contributed by atoms with Crippen molar-refractivity contribution in [1.82, 2.24) is 15.5 Å². The number of hydrogen-bond acceptors (Lipinski definition) is 3. The predicted octanol–water partition coefficient (Wildman–Crippen LogP) is 4.67. The highest BCUT2D eigenvalue weighted by Crippen LogP contribution is 2.28. The SMILES string of the molecule is COc1ccccc1C(CNC(=O)NC(C)c1ccc(Cl)c(Cl)c1)N(C)C. The summed E-state index contributed by atoms with van der Waals surface area (Å²) in [6.07, 6.45) is 0. The van der Waals surface area contributed by atoms with Gasteiger partial charge < -0.3 is 20.3 Å². The summed E-state index contributed by atoms with van der Waals surface area (Å²) in [5.74, 6) is 0.794. The van der Waals surface area contributed by atoms with E-state index < -0.39 is 0 Å². The van der Waals surface area contributed by atoms with Gasteiger partial charge in [-0.2, -0.15) is 0 Å². The molecule has 2 rings (SSSR count). The Bertz CT molecular complexity index is 784. The van der Waals surface area contributed by atoms with Crippen LogP contribution >= 0.6 is 23.2 Å². The van der Waals surface area contributed by atoms with E-state index in [0.717, 1.165) is 16.9 Å². The topological polar surface area (TPSA) is 53.6 Å². The number of nitrogens with zero attached hydrogens (tertiary/aromatic N) is 1. The molecule has 146 valence electrons. The molecule has 2 aromatic carbocycles. The molecule has 0 aliphatic carbocycles. The zero-order chi connectivity index (χ0) is 20.0. The molecule has 5 nitrogen and oxygen atoms in total. The number of urea groups is 1. The summed E-state index contributed by atoms with van der Waals surface area (Å²) < 4.78 is 5.45. The first-order chi connectivity index (χ1) is 12.8. The lowest BCUT2D eigenvalue weighted by molar-refractivity contribution is 0.229. The van der Waals surface area contributed by atoms with Crippen LogP contribution in [0.15, 0.2) is 42.5 Å². The Morgan fingerprint density at radius 1 is 1.15 bits per heavy atom. The van der Waals surface area contributed by atoms with Gasteiger partial charge in [0.25, 0.3) is 0 Å². The van der Waals surface area contributed by atoms with Crippen LogP contribution < -0.4 is 15.4 Å². The fourth-order valence-electron chi connectivity index (χ4n) is 2.81. The first-order valence-corrected chi connectivity index (χ1v) is 9.37. The van der Waals surface area contributed by atoms with Crippen LogP contribution in [-0.2, 0) is 0 Å². The van der Waals surface area contributed by atoms with Crippen LogP contribution in [0.2, 0.25) is 10.0 Å². The molecule has 0 aliphatic rings. The van der Waals surface area contributed by atoms with Crippen LogP contribution in [0, 0.1) is 0 Å². The Kier molecular flexibility index (Phi) is 7.78. The van der Waals surface area contributed by atoms with Crippen molar-refractivity contribution >= 4 is 29.2 Å². The van der Waals surface area contributed by atoms with Crippen molar-refractivity contribution in [2.45, 2.75) is 19.0 Å². The monoisotopic (exact) mass is 409 g/mol. The molecular formula is C20H25Cl2N3O2. The molecule has 0 spiro atoms. The van der Waals surface area contributed by atoms with E-state index in [0.29, 0.717) is 16.6 Å². The zero-order valence-corrected chi connectivity index (χ0v) is 17.4. The zero-order valence-electron chi connectivity index (χ0n) is 15.9. The number of para-hydroxylation sites is 1. The van der Waals surface area contributed by atoms with E-state index in [1.807, 2.05) is 56.3 Å². The van der Waals surface area contributed by atoms with Crippen LogP contribution in [-0.4, -0.2) is 38.7 Å². The number of ether oxygens (including phenoxy) is 1. The largest absolute Gasteiger partial charge is 0.496 e. The standard InChI is InChI=1S/C20H25Cl2N3O2/c1-13(14-9-10-16(21)17(22)11-14)24-20(26)23-12-18(25(2)3)15-7-5-6-8-19(15)27-4/h5-11,13,18H,12H2,1-4H3,(H2,23,24,26). The lowest BCUT2D eigenvalue weighted by Crippen LogP contribution is -2.41. The minimum Gasteiger partial charge on any atom is -0.496 e. The van der Waals surface area contributed by atoms with E-state index in [1.165, 1.54) is 0 Å². The summed E-state index contributed by atoms with van der Waals surface area (Å²) in [6, 6.07) is 12.6. The molecule has 0 heterocycles. The highest BCUT2D eigenvalue weighted by atomic mass is 35.5. The van der Waals surface area contributed by atoms with Crippen LogP contribution in [0.4, 0.5) is 4.79 Å². The number of methoxy groups -OCH3 is 1. The highest BCUT2D eigenvalue weighted by molar-refractivity contribution is 6.42. The number of amides is 2. The fraction of sp³-hybridized carbons (Fsp3) is 0.350. The molecule has 0 saturated carbocycles. The smallest absolute Gasteiger partial charge is 0.315 e. The third-order valence-corrected chi connectivity index (χ3v) is 5.11. The number of likely N-dealkylation sites (N-methyl/N-ethyl adjacent to an activating group) is 1. The maximum absolute atomic E-state index is 12.4. The summed E-state index contributed by atoms with van der Waals surface area (Å²) >= 11 is 12.0. The van der Waals surface area contributed by atoms with Crippen molar-refractivity contribution in [2.24, 2.45) is 0 Å². The van der Waals surface area contributed by atoms with Crippen LogP contribution in [0.5, 0.6) is 5.75 Å². The van der Waals surface area contributed by atoms with Gasteiger partial charge >= 0.3 is 6.03 Å². The van der Waals surface area contributed by atoms with Gasteiger partial charge in [0.2, 0.25) is 0 Å². The number of rotatable bonds is 7. The van der Waals surface area contributed by atoms with Crippen LogP contribution in [0.3, 0.4) is 0 Å². The third kappa shape index (κ3) is 5.76. The lowest BCUT2D eigenvalue weighted by Gasteiger charge is -2.27. The van der Waals surface area contributed by atoms with E-state index in [4.69, 9.17) is 27.9 Å². The van der Waals surface area contributed by atoms with Crippen LogP contribution in [0.25, 0.3) is 0 Å². The number of carbonyl (C=O) groups is 1. The second kappa shape index (κ2) is 9.83. The molecule has 2 atom stereocenters. The van der Waals surface area contributed by atoms with Gasteiger partial charge in [0.05, 0.1) is 29.2 Å². The molecule has 2 aromatic rings. The summed E-state index contributed by atoms with van der Waals surface area (Å²) in [7, 11) is 5.58. The van der Waals surface area contributed by atoms with Crippen molar-refractivity contribution in [3.05, 3.63) is 63.6 Å². The Labute approximate surface area is 170 Å². The Morgan fingerprint density at radius 2 is 1.85 bits per heavy atom. The Hall–Kier alpha value is -1.95. The molecule has 0 radical (unpaired) electrons. The van der Waals surface area contributed by atoms with Crippen molar-refractivity contribution in [3.8, 4) is 5.75 Å². The quantitative estimate of drug-likeness (QED) is 0.698. The molecule has 0 aliphatic heterocycles. The summed E-state index contributed by atoms with van der Waals surface area (Å²) in [5, 5.41) is 6.80. The van der Waals surface area contributed by atoms with Crippen molar-refractivity contribution in [1.29, 1.82) is 0 Å². The molecule has 2 amide bonds. The van der Waals surface area contributed by atoms with E-state index in [2.05, 4.69) is 10.6 Å². The molecular weight excluding hydrogens is 385 g/mol. The first-order valence-electron chi connectivity index (χ1n) is 8.62. The van der Waals surface area contributed by atoms with Crippen molar-refractivity contribution in [3.63, 3.8) is 0 Å². The molecule has 27 heavy (non-hydrogen) atoms. The lowest BCUT2D eigenvalue weighted by atomic mass is 10.0. The average Bonchev–Trinajstić information content (AvgIpc) is 2.64. The summed E-state index contributed by atoms with van der Waals surface area (Å²) in [6.45, 7) is 2.33. The molecule has 0 saturated heterocycles. The number of hydrogen-bond donors (Lipinski definition) is 2. The molecule has 0 bridgehead atoms. The minimum atomic E-state index is -0.254. The number of benzene rings is 2. The van der Waals surface area contributed by atoms with Gasteiger partial charge in [-0.1, -0.05) is 47.5 Å². The predicted molar refractivity (Wildman–Crippen MR) is 111 cm³/mol.